The Morgan fingerprint density at radius 2 is 1.54 bits per heavy atom. The summed E-state index contributed by atoms with van der Waals surface area (Å²) in [5, 5.41) is 37.0. The van der Waals surface area contributed by atoms with Crippen molar-refractivity contribution >= 4 is 23.7 Å². The molecule has 0 saturated heterocycles. The van der Waals surface area contributed by atoms with Gasteiger partial charge in [-0.3, -0.25) is 4.79 Å². The number of H-pyrrole nitrogens is 1. The highest BCUT2D eigenvalue weighted by molar-refractivity contribution is 6.08. The van der Waals surface area contributed by atoms with Crippen LogP contribution in [0.3, 0.4) is 0 Å². The molecule has 10 nitrogen and oxygen atoms in total. The number of nitrogens with one attached hydrogen (secondary N) is 1. The molecule has 0 fully saturated rings. The van der Waals surface area contributed by atoms with E-state index in [2.05, 4.69) is 0 Å². The van der Waals surface area contributed by atoms with Crippen LogP contribution in [-0.4, -0.2) is 43.3 Å². The predicted molar refractivity (Wildman–Crippen MR) is 79.5 cm³/mol. The zero-order valence-electron chi connectivity index (χ0n) is 11.7. The molecule has 24 heavy (non-hydrogen) atoms. The second-order valence-electron chi connectivity index (χ2n) is 4.64. The summed E-state index contributed by atoms with van der Waals surface area (Å²) in [4.78, 5) is 47.7. The molecule has 2 rings (SSSR count). The number of aromatic carboxylic acids is 3. The lowest BCUT2D eigenvalue weighted by Crippen LogP contribution is -2.24. The minimum atomic E-state index is -1.72. The van der Waals surface area contributed by atoms with Gasteiger partial charge in [0.25, 0.3) is 5.56 Å². The van der Waals surface area contributed by atoms with E-state index in [9.17, 15) is 34.5 Å². The maximum Gasteiger partial charge on any atom is 0.342 e. The summed E-state index contributed by atoms with van der Waals surface area (Å²) in [5.74, 6) is -6.07. The van der Waals surface area contributed by atoms with Crippen molar-refractivity contribution in [2.45, 2.75) is 0 Å². The number of aromatic amines is 1. The van der Waals surface area contributed by atoms with Gasteiger partial charge in [-0.05, 0) is 17.7 Å². The third kappa shape index (κ3) is 2.63. The Balaban J connectivity index is 2.99. The first-order chi connectivity index (χ1) is 11.1. The highest BCUT2D eigenvalue weighted by Gasteiger charge is 2.27. The van der Waals surface area contributed by atoms with E-state index in [1.165, 1.54) is 0 Å². The quantitative estimate of drug-likeness (QED) is 0.460. The van der Waals surface area contributed by atoms with Gasteiger partial charge < -0.3 is 31.1 Å². The number of hydrogen-bond donors (Lipinski definition) is 6. The van der Waals surface area contributed by atoms with Crippen molar-refractivity contribution in [2.24, 2.45) is 0 Å². The van der Waals surface area contributed by atoms with Gasteiger partial charge in [-0.1, -0.05) is 6.07 Å². The molecule has 0 bridgehead atoms. The summed E-state index contributed by atoms with van der Waals surface area (Å²) in [6.45, 7) is 0. The molecule has 1 aromatic heterocycles. The van der Waals surface area contributed by atoms with Gasteiger partial charge in [-0.2, -0.15) is 0 Å². The second kappa shape index (κ2) is 5.76. The highest BCUT2D eigenvalue weighted by atomic mass is 16.4. The zero-order chi connectivity index (χ0) is 18.2. The maximum absolute atomic E-state index is 11.9. The van der Waals surface area contributed by atoms with Crippen LogP contribution in [-0.2, 0) is 0 Å². The van der Waals surface area contributed by atoms with Gasteiger partial charge in [0.2, 0.25) is 0 Å². The van der Waals surface area contributed by atoms with Gasteiger partial charge in [-0.15, -0.1) is 0 Å². The van der Waals surface area contributed by atoms with E-state index in [-0.39, 0.29) is 5.56 Å². The van der Waals surface area contributed by atoms with E-state index in [4.69, 9.17) is 10.8 Å². The molecule has 0 aliphatic heterocycles. The second-order valence-corrected chi connectivity index (χ2v) is 4.64. The van der Waals surface area contributed by atoms with Gasteiger partial charge >= 0.3 is 17.9 Å². The molecule has 10 heteroatoms. The van der Waals surface area contributed by atoms with Gasteiger partial charge in [0.05, 0.1) is 0 Å². The third-order valence-corrected chi connectivity index (χ3v) is 3.19. The number of pyridine rings is 1. The number of nitrogens with two attached hydrogens (primary N) is 1. The standard InChI is InChI=1S/C14H10N2O8/c15-10-8(13(21)22)7(9(14(23)24)11(18)16-10)4-1-2-6(17)5(3-4)12(19)20/h1-3,17H,(H,19,20)(H,21,22)(H,23,24)(H3,15,16,18). The lowest BCUT2D eigenvalue weighted by molar-refractivity contribution is 0.0681. The summed E-state index contributed by atoms with van der Waals surface area (Å²) < 4.78 is 0. The van der Waals surface area contributed by atoms with Crippen LogP contribution >= 0.6 is 0 Å². The fraction of sp³-hybridized carbons (Fsp3) is 0. The zero-order valence-corrected chi connectivity index (χ0v) is 11.7. The Morgan fingerprint density at radius 3 is 2.04 bits per heavy atom. The Kier molecular flexibility index (Phi) is 3.97. The van der Waals surface area contributed by atoms with Crippen LogP contribution in [0.25, 0.3) is 11.1 Å². The minimum Gasteiger partial charge on any atom is -0.507 e. The van der Waals surface area contributed by atoms with E-state index >= 15 is 0 Å². The molecule has 124 valence electrons. The van der Waals surface area contributed by atoms with Gasteiger partial charge in [0.15, 0.2) is 0 Å². The maximum atomic E-state index is 11.9. The number of nitrogen functional groups attached to an aromatic ring is 1. The molecule has 0 unspecified atom stereocenters. The first kappa shape index (κ1) is 16.5. The van der Waals surface area contributed by atoms with Gasteiger partial charge in [-0.25, -0.2) is 14.4 Å². The first-order valence-corrected chi connectivity index (χ1v) is 6.24. The van der Waals surface area contributed by atoms with E-state index < -0.39 is 57.3 Å². The summed E-state index contributed by atoms with van der Waals surface area (Å²) in [5.41, 5.74) is 1.34. The van der Waals surface area contributed by atoms with Crippen molar-refractivity contribution in [3.63, 3.8) is 0 Å². The molecule has 1 heterocycles. The van der Waals surface area contributed by atoms with Crippen LogP contribution < -0.4 is 11.3 Å². The van der Waals surface area contributed by atoms with Crippen molar-refractivity contribution in [1.82, 2.24) is 4.98 Å². The molecule has 7 N–H and O–H groups in total. The Hall–Kier alpha value is -3.82. The fourth-order valence-corrected chi connectivity index (χ4v) is 2.20. The topological polar surface area (TPSA) is 191 Å². The van der Waals surface area contributed by atoms with Crippen molar-refractivity contribution < 1.29 is 34.8 Å². The third-order valence-electron chi connectivity index (χ3n) is 3.19. The van der Waals surface area contributed by atoms with E-state index in [1.807, 2.05) is 4.98 Å². The molecule has 2 aromatic rings. The summed E-state index contributed by atoms with van der Waals surface area (Å²) in [6.07, 6.45) is 0. The predicted octanol–water partition coefficient (Wildman–Crippen LogP) is 0.424. The Bertz CT molecular complexity index is 945. The molecule has 0 amide bonds. The highest BCUT2D eigenvalue weighted by Crippen LogP contribution is 2.32. The van der Waals surface area contributed by atoms with Crippen LogP contribution in [0.1, 0.15) is 31.1 Å². The molecule has 1 aromatic carbocycles. The number of carboxylic acids is 3. The van der Waals surface area contributed by atoms with Crippen molar-refractivity contribution in [2.75, 3.05) is 5.73 Å². The lowest BCUT2D eigenvalue weighted by Gasteiger charge is -2.13. The number of hydrogen-bond acceptors (Lipinski definition) is 6. The summed E-state index contributed by atoms with van der Waals surface area (Å²) >= 11 is 0. The SMILES string of the molecule is Nc1[nH]c(=O)c(C(=O)O)c(-c2ccc(O)c(C(=O)O)c2)c1C(=O)O. The van der Waals surface area contributed by atoms with Crippen LogP contribution in [0.4, 0.5) is 5.82 Å². The number of aromatic hydroxyl groups is 1. The molecular weight excluding hydrogens is 324 g/mol. The molecule has 0 saturated carbocycles. The van der Waals surface area contributed by atoms with E-state index in [0.717, 1.165) is 18.2 Å². The van der Waals surface area contributed by atoms with Crippen LogP contribution in [0.5, 0.6) is 5.75 Å². The molecule has 0 atom stereocenters. The summed E-state index contributed by atoms with van der Waals surface area (Å²) in [7, 11) is 0. The van der Waals surface area contributed by atoms with Crippen molar-refractivity contribution in [1.29, 1.82) is 0 Å². The molecule has 0 aliphatic rings. The monoisotopic (exact) mass is 334 g/mol. The number of rotatable bonds is 4. The smallest absolute Gasteiger partial charge is 0.342 e. The number of carboxylic acid groups (broad SMARTS) is 3. The number of carbonyl (C=O) groups is 3. The van der Waals surface area contributed by atoms with Crippen molar-refractivity contribution in [3.05, 3.63) is 45.2 Å². The normalized spacial score (nSPS) is 10.3. The number of benzene rings is 1. The minimum absolute atomic E-state index is 0.210. The Morgan fingerprint density at radius 1 is 0.958 bits per heavy atom. The fourth-order valence-electron chi connectivity index (χ4n) is 2.20. The van der Waals surface area contributed by atoms with E-state index in [0.29, 0.717) is 0 Å². The molecular formula is C14H10N2O8. The van der Waals surface area contributed by atoms with Crippen LogP contribution in [0.2, 0.25) is 0 Å². The number of aromatic nitrogens is 1. The molecule has 0 aliphatic carbocycles. The molecule has 0 spiro atoms. The van der Waals surface area contributed by atoms with E-state index in [1.54, 1.807) is 0 Å². The van der Waals surface area contributed by atoms with Crippen molar-refractivity contribution in [3.8, 4) is 16.9 Å². The van der Waals surface area contributed by atoms with Crippen LogP contribution in [0, 0.1) is 0 Å². The van der Waals surface area contributed by atoms with Gasteiger partial charge in [0, 0.05) is 5.56 Å². The van der Waals surface area contributed by atoms with Crippen LogP contribution in [0.15, 0.2) is 23.0 Å². The average Bonchev–Trinajstić information content (AvgIpc) is 2.45. The van der Waals surface area contributed by atoms with Gasteiger partial charge in [0.1, 0.15) is 28.3 Å². The number of anilines is 1. The average molecular weight is 334 g/mol. The summed E-state index contributed by atoms with van der Waals surface area (Å²) in [6, 6.07) is 2.87. The lowest BCUT2D eigenvalue weighted by atomic mass is 9.94. The Labute approximate surface area is 132 Å². The first-order valence-electron chi connectivity index (χ1n) is 6.24. The largest absolute Gasteiger partial charge is 0.507 e. The number of phenols is 1. The molecule has 0 radical (unpaired) electrons.